The molecule has 0 radical (unpaired) electrons. The van der Waals surface area contributed by atoms with Gasteiger partial charge in [-0.3, -0.25) is 4.79 Å². The topological polar surface area (TPSA) is 26.3 Å². The smallest absolute Gasteiger partial charge is 0.186 e. The normalized spacial score (nSPS) is 15.9. The first kappa shape index (κ1) is 11.9. The Morgan fingerprint density at radius 3 is 2.67 bits per heavy atom. The zero-order valence-corrected chi connectivity index (χ0v) is 10.0. The summed E-state index contributed by atoms with van der Waals surface area (Å²) >= 11 is 0. The van der Waals surface area contributed by atoms with Crippen molar-refractivity contribution in [3.8, 4) is 11.8 Å². The van der Waals surface area contributed by atoms with Crippen LogP contribution in [0.5, 0.6) is 0 Å². The summed E-state index contributed by atoms with van der Waals surface area (Å²) in [6, 6.07) is 9.63. The van der Waals surface area contributed by atoms with Crippen LogP contribution in [-0.2, 0) is 9.53 Å². The summed E-state index contributed by atoms with van der Waals surface area (Å²) < 4.78 is 5.07. The van der Waals surface area contributed by atoms with Gasteiger partial charge in [0.05, 0.1) is 7.11 Å². The van der Waals surface area contributed by atoms with Gasteiger partial charge in [-0.2, -0.15) is 0 Å². The van der Waals surface area contributed by atoms with Crippen LogP contribution in [0, 0.1) is 11.8 Å². The van der Waals surface area contributed by atoms with E-state index in [9.17, 15) is 4.79 Å². The number of rotatable bonds is 1. The molecule has 0 spiro atoms. The van der Waals surface area contributed by atoms with Gasteiger partial charge in [0, 0.05) is 11.1 Å². The summed E-state index contributed by atoms with van der Waals surface area (Å²) in [5.41, 5.74) is 1.46. The molecule has 88 valence electrons. The van der Waals surface area contributed by atoms with Crippen molar-refractivity contribution in [2.24, 2.45) is 0 Å². The molecule has 1 aliphatic carbocycles. The first-order valence-corrected chi connectivity index (χ1v) is 5.54. The number of methoxy groups -OCH3 is 1. The summed E-state index contributed by atoms with van der Waals surface area (Å²) in [5.74, 6) is 6.45. The highest BCUT2D eigenvalue weighted by Crippen LogP contribution is 2.12. The van der Waals surface area contributed by atoms with Gasteiger partial charge in [0.25, 0.3) is 0 Å². The molecule has 2 nitrogen and oxygen atoms in total. The molecule has 0 unspecified atom stereocenters. The Kier molecular flexibility index (Phi) is 3.78. The minimum Gasteiger partial charge on any atom is -0.497 e. The third kappa shape index (κ3) is 2.99. The van der Waals surface area contributed by atoms with Crippen molar-refractivity contribution in [2.45, 2.75) is 0 Å². The van der Waals surface area contributed by atoms with E-state index in [0.717, 1.165) is 5.56 Å². The average Bonchev–Trinajstić information content (AvgIpc) is 2.42. The number of ketones is 1. The number of carbonyl (C=O) groups is 1. The second kappa shape index (κ2) is 5.70. The van der Waals surface area contributed by atoms with Crippen molar-refractivity contribution < 1.29 is 9.53 Å². The summed E-state index contributed by atoms with van der Waals surface area (Å²) in [6.07, 6.45) is 6.42. The lowest BCUT2D eigenvalue weighted by atomic mass is 10.1. The zero-order chi connectivity index (χ0) is 12.8. The number of hydrogen-bond acceptors (Lipinski definition) is 2. The van der Waals surface area contributed by atoms with Crippen LogP contribution in [0.25, 0.3) is 0 Å². The second-order valence-electron chi connectivity index (χ2n) is 3.68. The minimum atomic E-state index is -0.0573. The van der Waals surface area contributed by atoms with Crippen LogP contribution >= 0.6 is 0 Å². The van der Waals surface area contributed by atoms with Crippen LogP contribution in [0.15, 0.2) is 66.0 Å². The maximum absolute atomic E-state index is 11.6. The largest absolute Gasteiger partial charge is 0.497 e. The Hall–Kier alpha value is -2.53. The van der Waals surface area contributed by atoms with Crippen molar-refractivity contribution in [2.75, 3.05) is 7.11 Å². The third-order valence-corrected chi connectivity index (χ3v) is 2.43. The predicted octanol–water partition coefficient (Wildman–Crippen LogP) is 2.63. The molecule has 0 atom stereocenters. The Morgan fingerprint density at radius 2 is 1.94 bits per heavy atom. The molecule has 0 saturated heterocycles. The van der Waals surface area contributed by atoms with E-state index in [4.69, 9.17) is 4.74 Å². The number of hydrogen-bond donors (Lipinski definition) is 0. The third-order valence-electron chi connectivity index (χ3n) is 2.43. The Labute approximate surface area is 106 Å². The Bertz CT molecular complexity index is 593. The van der Waals surface area contributed by atoms with Crippen LogP contribution in [0.4, 0.5) is 0 Å². The van der Waals surface area contributed by atoms with E-state index in [1.807, 2.05) is 30.3 Å². The molecule has 0 aliphatic heterocycles. The SMILES string of the molecule is COC1=C/C(=C/C#Cc2ccccc2)C(=O)C=C1. The molecule has 0 N–H and O–H groups in total. The van der Waals surface area contributed by atoms with E-state index in [1.54, 1.807) is 25.3 Å². The highest BCUT2D eigenvalue weighted by atomic mass is 16.5. The van der Waals surface area contributed by atoms with E-state index in [2.05, 4.69) is 11.8 Å². The van der Waals surface area contributed by atoms with Gasteiger partial charge in [-0.05, 0) is 36.4 Å². The molecule has 1 aromatic rings. The monoisotopic (exact) mass is 236 g/mol. The van der Waals surface area contributed by atoms with Gasteiger partial charge < -0.3 is 4.74 Å². The van der Waals surface area contributed by atoms with Gasteiger partial charge >= 0.3 is 0 Å². The first-order valence-electron chi connectivity index (χ1n) is 5.54. The number of benzene rings is 1. The maximum atomic E-state index is 11.6. The van der Waals surface area contributed by atoms with Gasteiger partial charge in [0.1, 0.15) is 5.76 Å². The highest BCUT2D eigenvalue weighted by Gasteiger charge is 2.09. The van der Waals surface area contributed by atoms with E-state index in [-0.39, 0.29) is 5.78 Å². The molecular formula is C16H12O2. The van der Waals surface area contributed by atoms with Crippen molar-refractivity contribution in [1.82, 2.24) is 0 Å². The quantitative estimate of drug-likeness (QED) is 0.553. The predicted molar refractivity (Wildman–Crippen MR) is 70.6 cm³/mol. The average molecular weight is 236 g/mol. The van der Waals surface area contributed by atoms with Gasteiger partial charge in [0.15, 0.2) is 5.78 Å². The molecule has 0 heterocycles. The molecule has 1 aliphatic rings. The molecule has 1 aromatic carbocycles. The van der Waals surface area contributed by atoms with Crippen LogP contribution in [0.3, 0.4) is 0 Å². The van der Waals surface area contributed by atoms with E-state index < -0.39 is 0 Å². The highest BCUT2D eigenvalue weighted by molar-refractivity contribution is 6.07. The molecule has 18 heavy (non-hydrogen) atoms. The lowest BCUT2D eigenvalue weighted by Gasteiger charge is -2.05. The van der Waals surface area contributed by atoms with E-state index in [0.29, 0.717) is 11.3 Å². The summed E-state index contributed by atoms with van der Waals surface area (Å²) in [4.78, 5) is 11.6. The lowest BCUT2D eigenvalue weighted by Crippen LogP contribution is -2.02. The van der Waals surface area contributed by atoms with Gasteiger partial charge in [0.2, 0.25) is 0 Å². The maximum Gasteiger partial charge on any atom is 0.186 e. The van der Waals surface area contributed by atoms with Crippen LogP contribution in [-0.4, -0.2) is 12.9 Å². The van der Waals surface area contributed by atoms with Crippen molar-refractivity contribution in [3.05, 3.63) is 71.5 Å². The van der Waals surface area contributed by atoms with E-state index >= 15 is 0 Å². The summed E-state index contributed by atoms with van der Waals surface area (Å²) in [7, 11) is 1.57. The fraction of sp³-hybridized carbons (Fsp3) is 0.0625. The van der Waals surface area contributed by atoms with Crippen molar-refractivity contribution >= 4 is 5.78 Å². The van der Waals surface area contributed by atoms with Crippen molar-refractivity contribution in [3.63, 3.8) is 0 Å². The number of ether oxygens (including phenoxy) is 1. The first-order chi connectivity index (χ1) is 8.79. The van der Waals surface area contributed by atoms with Crippen LogP contribution in [0.1, 0.15) is 5.56 Å². The molecule has 0 amide bonds. The molecule has 0 saturated carbocycles. The van der Waals surface area contributed by atoms with E-state index in [1.165, 1.54) is 6.08 Å². The fourth-order valence-corrected chi connectivity index (χ4v) is 1.48. The van der Waals surface area contributed by atoms with Crippen molar-refractivity contribution in [1.29, 1.82) is 0 Å². The summed E-state index contributed by atoms with van der Waals surface area (Å²) in [6.45, 7) is 0. The molecule has 0 fully saturated rings. The van der Waals surface area contributed by atoms with Gasteiger partial charge in [-0.15, -0.1) is 0 Å². The standard InChI is InChI=1S/C16H12O2/c1-18-15-10-11-16(17)14(12-15)9-5-8-13-6-3-2-4-7-13/h2-4,6-7,9-12H,1H3/b14-9-. The molecule has 2 heteroatoms. The van der Waals surface area contributed by atoms with Crippen LogP contribution in [0.2, 0.25) is 0 Å². The second-order valence-corrected chi connectivity index (χ2v) is 3.68. The molecular weight excluding hydrogens is 224 g/mol. The summed E-state index contributed by atoms with van der Waals surface area (Å²) in [5, 5.41) is 0. The molecule has 0 aromatic heterocycles. The number of carbonyl (C=O) groups excluding carboxylic acids is 1. The Morgan fingerprint density at radius 1 is 1.17 bits per heavy atom. The minimum absolute atomic E-state index is 0.0573. The fourth-order valence-electron chi connectivity index (χ4n) is 1.48. The molecule has 0 bridgehead atoms. The van der Waals surface area contributed by atoms with Gasteiger partial charge in [-0.1, -0.05) is 30.0 Å². The zero-order valence-electron chi connectivity index (χ0n) is 10.0. The molecule has 2 rings (SSSR count). The van der Waals surface area contributed by atoms with Crippen LogP contribution < -0.4 is 0 Å². The lowest BCUT2D eigenvalue weighted by molar-refractivity contribution is -0.111. The Balaban J connectivity index is 2.20. The van der Waals surface area contributed by atoms with Gasteiger partial charge in [-0.25, -0.2) is 0 Å². The number of allylic oxidation sites excluding steroid dienone is 5.